The number of aliphatic hydroxyl groups is 1. The van der Waals surface area contributed by atoms with Gasteiger partial charge in [0.05, 0.1) is 23.2 Å². The van der Waals surface area contributed by atoms with Crippen LogP contribution in [0, 0.1) is 0 Å². The largest absolute Gasteiger partial charge is 0.386 e. The van der Waals surface area contributed by atoms with Crippen LogP contribution in [-0.4, -0.2) is 44.5 Å². The summed E-state index contributed by atoms with van der Waals surface area (Å²) in [7, 11) is 0. The van der Waals surface area contributed by atoms with E-state index in [4.69, 9.17) is 0 Å². The zero-order valence-electron chi connectivity index (χ0n) is 15.8. The summed E-state index contributed by atoms with van der Waals surface area (Å²) in [6, 6.07) is 7.91. The van der Waals surface area contributed by atoms with Crippen LogP contribution in [0.4, 0.5) is 14.6 Å². The van der Waals surface area contributed by atoms with Gasteiger partial charge in [0, 0.05) is 25.7 Å². The van der Waals surface area contributed by atoms with Crippen molar-refractivity contribution in [2.75, 3.05) is 18.4 Å². The molecule has 1 unspecified atom stereocenters. The molecule has 3 aromatic heterocycles. The van der Waals surface area contributed by atoms with Crippen molar-refractivity contribution < 1.29 is 13.9 Å². The number of alkyl halides is 2. The van der Waals surface area contributed by atoms with Crippen LogP contribution in [0.5, 0.6) is 0 Å². The Labute approximate surface area is 161 Å². The Morgan fingerprint density at radius 1 is 1.29 bits per heavy atom. The van der Waals surface area contributed by atoms with Gasteiger partial charge in [0.1, 0.15) is 17.5 Å². The molecule has 4 heterocycles. The summed E-state index contributed by atoms with van der Waals surface area (Å²) in [6.07, 6.45) is 3.31. The highest BCUT2D eigenvalue weighted by Gasteiger charge is 2.41. The molecule has 0 aromatic carbocycles. The van der Waals surface area contributed by atoms with Gasteiger partial charge in [-0.05, 0) is 37.6 Å². The molecule has 3 aromatic rings. The summed E-state index contributed by atoms with van der Waals surface area (Å²) in [4.78, 5) is 8.90. The molecule has 1 fully saturated rings. The van der Waals surface area contributed by atoms with Crippen LogP contribution in [0.3, 0.4) is 0 Å². The van der Waals surface area contributed by atoms with Crippen molar-refractivity contribution in [3.05, 3.63) is 48.3 Å². The maximum absolute atomic E-state index is 14.1. The number of hydrogen-bond acceptors (Lipinski definition) is 5. The first kappa shape index (κ1) is 18.8. The molecule has 3 N–H and O–H groups in total. The number of piperidine rings is 1. The van der Waals surface area contributed by atoms with Gasteiger partial charge in [-0.2, -0.15) is 0 Å². The van der Waals surface area contributed by atoms with E-state index in [1.54, 1.807) is 32.2 Å². The van der Waals surface area contributed by atoms with Gasteiger partial charge in [0.2, 0.25) is 0 Å². The van der Waals surface area contributed by atoms with Gasteiger partial charge >= 0.3 is 0 Å². The third kappa shape index (κ3) is 3.57. The number of aromatic nitrogens is 3. The van der Waals surface area contributed by atoms with Crippen molar-refractivity contribution in [3.63, 3.8) is 0 Å². The van der Waals surface area contributed by atoms with Crippen LogP contribution in [0.25, 0.3) is 17.0 Å². The minimum atomic E-state index is -2.78. The molecule has 4 rings (SSSR count). The summed E-state index contributed by atoms with van der Waals surface area (Å²) < 4.78 is 30.1. The van der Waals surface area contributed by atoms with Gasteiger partial charge < -0.3 is 15.7 Å². The number of anilines is 1. The molecule has 28 heavy (non-hydrogen) atoms. The van der Waals surface area contributed by atoms with Crippen molar-refractivity contribution >= 4 is 11.5 Å². The minimum absolute atomic E-state index is 0.184. The van der Waals surface area contributed by atoms with Crippen molar-refractivity contribution in [1.29, 1.82) is 0 Å². The quantitative estimate of drug-likeness (QED) is 0.642. The molecule has 0 radical (unpaired) electrons. The molecule has 1 aliphatic heterocycles. The number of imidazole rings is 1. The number of rotatable bonds is 4. The third-order valence-corrected chi connectivity index (χ3v) is 5.04. The average molecular weight is 387 g/mol. The Balaban J connectivity index is 1.68. The Morgan fingerprint density at radius 2 is 2.11 bits per heavy atom. The number of hydrogen-bond donors (Lipinski definition) is 3. The van der Waals surface area contributed by atoms with Crippen molar-refractivity contribution in [2.24, 2.45) is 0 Å². The van der Waals surface area contributed by atoms with Gasteiger partial charge in [-0.25, -0.2) is 18.7 Å². The van der Waals surface area contributed by atoms with Crippen LogP contribution in [0.1, 0.15) is 25.8 Å². The number of halogens is 2. The monoisotopic (exact) mass is 387 g/mol. The first-order valence-electron chi connectivity index (χ1n) is 9.26. The highest BCUT2D eigenvalue weighted by molar-refractivity contribution is 5.62. The molecule has 8 heteroatoms. The van der Waals surface area contributed by atoms with E-state index >= 15 is 0 Å². The normalized spacial score (nSPS) is 19.7. The Hall–Kier alpha value is -2.58. The van der Waals surface area contributed by atoms with E-state index < -0.39 is 17.6 Å². The van der Waals surface area contributed by atoms with Crippen molar-refractivity contribution in [3.8, 4) is 11.4 Å². The second-order valence-electron chi connectivity index (χ2n) is 7.67. The van der Waals surface area contributed by atoms with Gasteiger partial charge in [-0.15, -0.1) is 0 Å². The number of nitrogens with zero attached hydrogens (tertiary/aromatic N) is 3. The fourth-order valence-electron chi connectivity index (χ4n) is 3.35. The van der Waals surface area contributed by atoms with Gasteiger partial charge in [0.15, 0.2) is 0 Å². The standard InChI is InChI=1S/C20H23F2N5O/c1-19(2,28)13-6-7-18-24-10-15(27(18)12-13)14-4-3-5-17(25-14)26-16-11-23-9-8-20(16,21)22/h3-7,10,12,16,23,28H,8-9,11H2,1-2H3,(H,25,26). The predicted molar refractivity (Wildman–Crippen MR) is 104 cm³/mol. The third-order valence-electron chi connectivity index (χ3n) is 5.04. The number of pyridine rings is 2. The predicted octanol–water partition coefficient (Wildman–Crippen LogP) is 3.03. The molecule has 0 saturated carbocycles. The van der Waals surface area contributed by atoms with Crippen LogP contribution < -0.4 is 10.6 Å². The van der Waals surface area contributed by atoms with Gasteiger partial charge in [0.25, 0.3) is 5.92 Å². The maximum atomic E-state index is 14.1. The summed E-state index contributed by atoms with van der Waals surface area (Å²) in [6.45, 7) is 3.92. The molecule has 1 aliphatic rings. The zero-order chi connectivity index (χ0) is 19.9. The zero-order valence-corrected chi connectivity index (χ0v) is 15.8. The SMILES string of the molecule is CC(C)(O)c1ccc2ncc(-c3cccc(NC4CNCCC4(F)F)n3)n2c1. The van der Waals surface area contributed by atoms with E-state index in [-0.39, 0.29) is 13.0 Å². The van der Waals surface area contributed by atoms with Crippen molar-refractivity contribution in [2.45, 2.75) is 37.8 Å². The first-order valence-corrected chi connectivity index (χ1v) is 9.26. The smallest absolute Gasteiger partial charge is 0.270 e. The molecule has 0 amide bonds. The van der Waals surface area contributed by atoms with E-state index in [1.807, 2.05) is 28.8 Å². The molecular formula is C20H23F2N5O. The first-order chi connectivity index (χ1) is 13.2. The summed E-state index contributed by atoms with van der Waals surface area (Å²) in [5.74, 6) is -2.40. The lowest BCUT2D eigenvalue weighted by Gasteiger charge is -2.32. The lowest BCUT2D eigenvalue weighted by Crippen LogP contribution is -2.52. The maximum Gasteiger partial charge on any atom is 0.270 e. The van der Waals surface area contributed by atoms with Crippen molar-refractivity contribution in [1.82, 2.24) is 19.7 Å². The topological polar surface area (TPSA) is 74.5 Å². The minimum Gasteiger partial charge on any atom is -0.386 e. The molecule has 6 nitrogen and oxygen atoms in total. The Morgan fingerprint density at radius 3 is 2.86 bits per heavy atom. The van der Waals surface area contributed by atoms with Gasteiger partial charge in [-0.3, -0.25) is 4.40 Å². The molecule has 0 bridgehead atoms. The molecule has 1 atom stereocenters. The second kappa shape index (κ2) is 6.79. The van der Waals surface area contributed by atoms with Gasteiger partial charge in [-0.1, -0.05) is 12.1 Å². The highest BCUT2D eigenvalue weighted by Crippen LogP contribution is 2.29. The van der Waals surface area contributed by atoms with E-state index in [1.165, 1.54) is 0 Å². The highest BCUT2D eigenvalue weighted by atomic mass is 19.3. The van der Waals surface area contributed by atoms with E-state index in [0.717, 1.165) is 11.3 Å². The second-order valence-corrected chi connectivity index (χ2v) is 7.67. The summed E-state index contributed by atoms with van der Waals surface area (Å²) in [5.41, 5.74) is 1.79. The molecule has 0 aliphatic carbocycles. The molecule has 1 saturated heterocycles. The van der Waals surface area contributed by atoms with Crippen LogP contribution in [-0.2, 0) is 5.60 Å². The fraction of sp³-hybridized carbons (Fsp3) is 0.400. The molecule has 148 valence electrons. The Kier molecular flexibility index (Phi) is 4.55. The van der Waals surface area contributed by atoms with Crippen LogP contribution >= 0.6 is 0 Å². The Bertz CT molecular complexity index is 996. The van der Waals surface area contributed by atoms with E-state index in [2.05, 4.69) is 20.6 Å². The molecule has 0 spiro atoms. The number of nitrogens with one attached hydrogen (secondary N) is 2. The fourth-order valence-corrected chi connectivity index (χ4v) is 3.35. The summed E-state index contributed by atoms with van der Waals surface area (Å²) in [5, 5.41) is 16.1. The summed E-state index contributed by atoms with van der Waals surface area (Å²) >= 11 is 0. The lowest BCUT2D eigenvalue weighted by atomic mass is 10.0. The van der Waals surface area contributed by atoms with Crippen LogP contribution in [0.15, 0.2) is 42.7 Å². The average Bonchev–Trinajstić information content (AvgIpc) is 3.06. The van der Waals surface area contributed by atoms with E-state index in [9.17, 15) is 13.9 Å². The number of fused-ring (bicyclic) bond motifs is 1. The van der Waals surface area contributed by atoms with E-state index in [0.29, 0.717) is 23.7 Å². The van der Waals surface area contributed by atoms with Crippen LogP contribution in [0.2, 0.25) is 0 Å². The molecular weight excluding hydrogens is 364 g/mol. The lowest BCUT2D eigenvalue weighted by molar-refractivity contribution is -0.0384.